The summed E-state index contributed by atoms with van der Waals surface area (Å²) < 4.78 is 0. The Bertz CT molecular complexity index is 903. The Morgan fingerprint density at radius 3 is 2.69 bits per heavy atom. The van der Waals surface area contributed by atoms with Crippen molar-refractivity contribution in [2.24, 2.45) is 0 Å². The molecule has 2 aromatic heterocycles. The van der Waals surface area contributed by atoms with Gasteiger partial charge in [0.25, 0.3) is 5.91 Å². The van der Waals surface area contributed by atoms with Crippen molar-refractivity contribution in [3.8, 4) is 11.3 Å². The lowest BCUT2D eigenvalue weighted by atomic mass is 10.1. The van der Waals surface area contributed by atoms with Crippen LogP contribution in [-0.2, 0) is 0 Å². The Hall–Kier alpha value is -2.80. The maximum atomic E-state index is 12.9. The van der Waals surface area contributed by atoms with Crippen molar-refractivity contribution >= 4 is 23.1 Å². The summed E-state index contributed by atoms with van der Waals surface area (Å²) in [6.45, 7) is 4.86. The van der Waals surface area contributed by atoms with E-state index in [-0.39, 0.29) is 5.91 Å². The fraction of sp³-hybridized carbons (Fsp3) is 0.263. The van der Waals surface area contributed by atoms with Gasteiger partial charge in [-0.15, -0.1) is 11.3 Å². The smallest absolute Gasteiger partial charge is 0.253 e. The summed E-state index contributed by atoms with van der Waals surface area (Å²) in [5.74, 6) is 0.929. The zero-order valence-corrected chi connectivity index (χ0v) is 15.3. The molecule has 0 aliphatic carbocycles. The van der Waals surface area contributed by atoms with E-state index in [2.05, 4.69) is 19.9 Å². The van der Waals surface area contributed by atoms with Crippen LogP contribution in [0.5, 0.6) is 0 Å². The third-order valence-corrected chi connectivity index (χ3v) is 5.24. The van der Waals surface area contributed by atoms with Gasteiger partial charge >= 0.3 is 0 Å². The van der Waals surface area contributed by atoms with E-state index in [9.17, 15) is 4.79 Å². The number of aromatic nitrogens is 3. The number of benzene rings is 1. The van der Waals surface area contributed by atoms with Crippen LogP contribution in [0, 0.1) is 6.92 Å². The van der Waals surface area contributed by atoms with Crippen LogP contribution < -0.4 is 4.90 Å². The normalized spacial score (nSPS) is 14.5. The number of carbonyl (C=O) groups excluding carboxylic acids is 1. The summed E-state index contributed by atoms with van der Waals surface area (Å²) in [6.07, 6.45) is 5.12. The highest BCUT2D eigenvalue weighted by Crippen LogP contribution is 2.23. The van der Waals surface area contributed by atoms with Crippen LogP contribution >= 0.6 is 11.3 Å². The molecule has 1 fully saturated rings. The monoisotopic (exact) mass is 365 g/mol. The molecular weight excluding hydrogens is 346 g/mol. The number of nitrogens with zero attached hydrogens (tertiary/aromatic N) is 5. The fourth-order valence-electron chi connectivity index (χ4n) is 3.08. The predicted molar refractivity (Wildman–Crippen MR) is 102 cm³/mol. The number of aryl methyl sites for hydroxylation is 1. The zero-order chi connectivity index (χ0) is 17.9. The molecule has 1 amide bonds. The Balaban J connectivity index is 1.45. The minimum atomic E-state index is 0.0672. The van der Waals surface area contributed by atoms with E-state index in [1.54, 1.807) is 29.9 Å². The standard InChI is InChI=1S/C19H19N5OS/c1-14-22-17(13-26-14)15-3-2-4-16(11-15)19(25)24-9-7-23(8-10-24)18-12-20-5-6-21-18/h2-6,11-13H,7-10H2,1H3. The van der Waals surface area contributed by atoms with Crippen LogP contribution in [0.2, 0.25) is 0 Å². The zero-order valence-electron chi connectivity index (χ0n) is 14.5. The molecule has 0 N–H and O–H groups in total. The van der Waals surface area contributed by atoms with Crippen LogP contribution in [0.15, 0.2) is 48.2 Å². The third kappa shape index (κ3) is 3.43. The van der Waals surface area contributed by atoms with Crippen molar-refractivity contribution in [2.45, 2.75) is 6.92 Å². The van der Waals surface area contributed by atoms with Gasteiger partial charge in [0.05, 0.1) is 16.9 Å². The fourth-order valence-corrected chi connectivity index (χ4v) is 3.71. The van der Waals surface area contributed by atoms with E-state index in [0.717, 1.165) is 35.2 Å². The van der Waals surface area contributed by atoms with E-state index in [4.69, 9.17) is 0 Å². The van der Waals surface area contributed by atoms with Gasteiger partial charge in [0.2, 0.25) is 0 Å². The summed E-state index contributed by atoms with van der Waals surface area (Å²) >= 11 is 1.62. The minimum absolute atomic E-state index is 0.0672. The Morgan fingerprint density at radius 2 is 2.00 bits per heavy atom. The molecule has 0 atom stereocenters. The number of hydrogen-bond acceptors (Lipinski definition) is 6. The molecule has 3 aromatic rings. The maximum absolute atomic E-state index is 12.9. The highest BCUT2D eigenvalue weighted by Gasteiger charge is 2.23. The van der Waals surface area contributed by atoms with Gasteiger partial charge in [0, 0.05) is 55.1 Å². The molecule has 1 aliphatic rings. The molecule has 0 bridgehead atoms. The second kappa shape index (κ2) is 7.21. The largest absolute Gasteiger partial charge is 0.352 e. The van der Waals surface area contributed by atoms with E-state index in [1.807, 2.05) is 41.5 Å². The third-order valence-electron chi connectivity index (χ3n) is 4.46. The van der Waals surface area contributed by atoms with Crippen molar-refractivity contribution in [2.75, 3.05) is 31.1 Å². The molecule has 7 heteroatoms. The summed E-state index contributed by atoms with van der Waals surface area (Å²) in [7, 11) is 0. The van der Waals surface area contributed by atoms with Gasteiger partial charge < -0.3 is 9.80 Å². The van der Waals surface area contributed by atoms with Gasteiger partial charge in [-0.05, 0) is 19.1 Å². The lowest BCUT2D eigenvalue weighted by molar-refractivity contribution is 0.0746. The van der Waals surface area contributed by atoms with Crippen LogP contribution in [0.3, 0.4) is 0 Å². The van der Waals surface area contributed by atoms with Gasteiger partial charge in [-0.3, -0.25) is 9.78 Å². The van der Waals surface area contributed by atoms with Crippen molar-refractivity contribution in [3.05, 3.63) is 58.8 Å². The average Bonchev–Trinajstić information content (AvgIpc) is 3.15. The van der Waals surface area contributed by atoms with Crippen LogP contribution in [0.4, 0.5) is 5.82 Å². The van der Waals surface area contributed by atoms with Gasteiger partial charge in [0.1, 0.15) is 5.82 Å². The lowest BCUT2D eigenvalue weighted by Crippen LogP contribution is -2.49. The number of thiazole rings is 1. The van der Waals surface area contributed by atoms with Gasteiger partial charge in [-0.1, -0.05) is 12.1 Å². The molecule has 1 saturated heterocycles. The van der Waals surface area contributed by atoms with Crippen LogP contribution in [0.25, 0.3) is 11.3 Å². The molecule has 0 saturated carbocycles. The first-order valence-electron chi connectivity index (χ1n) is 8.53. The maximum Gasteiger partial charge on any atom is 0.253 e. The molecule has 1 aliphatic heterocycles. The number of rotatable bonds is 3. The Morgan fingerprint density at radius 1 is 1.15 bits per heavy atom. The first kappa shape index (κ1) is 16.7. The van der Waals surface area contributed by atoms with Gasteiger partial charge in [0.15, 0.2) is 0 Å². The summed E-state index contributed by atoms with van der Waals surface area (Å²) in [4.78, 5) is 29.9. The number of amides is 1. The lowest BCUT2D eigenvalue weighted by Gasteiger charge is -2.35. The van der Waals surface area contributed by atoms with Crippen molar-refractivity contribution < 1.29 is 4.79 Å². The van der Waals surface area contributed by atoms with E-state index >= 15 is 0 Å². The van der Waals surface area contributed by atoms with Crippen molar-refractivity contribution in [1.29, 1.82) is 0 Å². The molecule has 6 nitrogen and oxygen atoms in total. The molecule has 3 heterocycles. The quantitative estimate of drug-likeness (QED) is 0.714. The highest BCUT2D eigenvalue weighted by molar-refractivity contribution is 7.09. The molecule has 132 valence electrons. The molecule has 4 rings (SSSR count). The van der Waals surface area contributed by atoms with E-state index in [0.29, 0.717) is 18.7 Å². The Kier molecular flexibility index (Phi) is 4.62. The average molecular weight is 365 g/mol. The molecule has 1 aromatic carbocycles. The summed E-state index contributed by atoms with van der Waals surface area (Å²) in [6, 6.07) is 7.73. The molecule has 0 unspecified atom stereocenters. The number of anilines is 1. The molecule has 26 heavy (non-hydrogen) atoms. The second-order valence-electron chi connectivity index (χ2n) is 6.18. The molecular formula is C19H19N5OS. The van der Waals surface area contributed by atoms with Gasteiger partial charge in [-0.2, -0.15) is 0 Å². The number of piperazine rings is 1. The summed E-state index contributed by atoms with van der Waals surface area (Å²) in [5, 5.41) is 3.05. The SMILES string of the molecule is Cc1nc(-c2cccc(C(=O)N3CCN(c4cnccn4)CC3)c2)cs1. The predicted octanol–water partition coefficient (Wildman–Crippen LogP) is 2.87. The first-order chi connectivity index (χ1) is 12.7. The topological polar surface area (TPSA) is 62.2 Å². The minimum Gasteiger partial charge on any atom is -0.352 e. The number of hydrogen-bond donors (Lipinski definition) is 0. The molecule has 0 radical (unpaired) electrons. The first-order valence-corrected chi connectivity index (χ1v) is 9.41. The van der Waals surface area contributed by atoms with E-state index in [1.165, 1.54) is 0 Å². The van der Waals surface area contributed by atoms with Crippen molar-refractivity contribution in [1.82, 2.24) is 19.9 Å². The highest BCUT2D eigenvalue weighted by atomic mass is 32.1. The van der Waals surface area contributed by atoms with Gasteiger partial charge in [-0.25, -0.2) is 9.97 Å². The van der Waals surface area contributed by atoms with E-state index < -0.39 is 0 Å². The summed E-state index contributed by atoms with van der Waals surface area (Å²) in [5.41, 5.74) is 2.62. The Labute approximate surface area is 156 Å². The second-order valence-corrected chi connectivity index (χ2v) is 7.24. The van der Waals surface area contributed by atoms with Crippen LogP contribution in [-0.4, -0.2) is 51.9 Å². The molecule has 0 spiro atoms. The van der Waals surface area contributed by atoms with Crippen LogP contribution in [0.1, 0.15) is 15.4 Å². The van der Waals surface area contributed by atoms with Crippen molar-refractivity contribution in [3.63, 3.8) is 0 Å². The number of carbonyl (C=O) groups is 1.